The second-order valence-corrected chi connectivity index (χ2v) is 6.20. The molecule has 0 bridgehead atoms. The molecule has 0 spiro atoms. The molecule has 2 unspecified atom stereocenters. The third-order valence-corrected chi connectivity index (χ3v) is 4.27. The zero-order valence-electron chi connectivity index (χ0n) is 11.8. The van der Waals surface area contributed by atoms with Crippen molar-refractivity contribution in [2.45, 2.75) is 32.5 Å². The highest BCUT2D eigenvalue weighted by atomic mass is 32.1. The summed E-state index contributed by atoms with van der Waals surface area (Å²) < 4.78 is 0. The van der Waals surface area contributed by atoms with Crippen LogP contribution in [0.25, 0.3) is 0 Å². The van der Waals surface area contributed by atoms with E-state index in [0.29, 0.717) is 0 Å². The van der Waals surface area contributed by atoms with Crippen molar-refractivity contribution >= 4 is 11.3 Å². The molecular weight excluding hydrogens is 252 g/mol. The number of benzene rings is 1. The first-order valence-corrected chi connectivity index (χ1v) is 7.50. The van der Waals surface area contributed by atoms with Crippen molar-refractivity contribution in [2.75, 3.05) is 7.05 Å². The van der Waals surface area contributed by atoms with E-state index in [4.69, 9.17) is 5.73 Å². The van der Waals surface area contributed by atoms with Gasteiger partial charge in [-0.1, -0.05) is 35.9 Å². The van der Waals surface area contributed by atoms with E-state index in [1.807, 2.05) is 0 Å². The lowest BCUT2D eigenvalue weighted by atomic mass is 10.1. The number of rotatable bonds is 5. The maximum atomic E-state index is 6.18. The van der Waals surface area contributed by atoms with Crippen molar-refractivity contribution in [1.29, 1.82) is 0 Å². The number of nitrogens with two attached hydrogens (primary N) is 1. The number of nitrogens with zero attached hydrogens (tertiary/aromatic N) is 1. The number of hydrogen-bond acceptors (Lipinski definition) is 3. The molecule has 1 aromatic heterocycles. The van der Waals surface area contributed by atoms with Crippen LogP contribution in [-0.4, -0.2) is 18.0 Å². The molecular formula is C16H22N2S. The van der Waals surface area contributed by atoms with Crippen LogP contribution in [0.5, 0.6) is 0 Å². The van der Waals surface area contributed by atoms with Crippen molar-refractivity contribution in [3.63, 3.8) is 0 Å². The molecule has 0 aliphatic carbocycles. The van der Waals surface area contributed by atoms with Crippen LogP contribution in [0, 0.1) is 6.92 Å². The van der Waals surface area contributed by atoms with Crippen molar-refractivity contribution < 1.29 is 0 Å². The zero-order valence-corrected chi connectivity index (χ0v) is 12.7. The van der Waals surface area contributed by atoms with Crippen LogP contribution in [-0.2, 0) is 6.54 Å². The Labute approximate surface area is 119 Å². The minimum atomic E-state index is 0.119. The van der Waals surface area contributed by atoms with Crippen LogP contribution in [0.15, 0.2) is 41.8 Å². The fourth-order valence-corrected chi connectivity index (χ4v) is 3.54. The van der Waals surface area contributed by atoms with Crippen LogP contribution in [0.2, 0.25) is 0 Å². The second kappa shape index (κ2) is 6.33. The molecule has 2 atom stereocenters. The SMILES string of the molecule is Cc1cccc(CN(C)C(c2cccs2)C(C)N)c1. The van der Waals surface area contributed by atoms with Gasteiger partial charge in [0.25, 0.3) is 0 Å². The van der Waals surface area contributed by atoms with Crippen molar-refractivity contribution in [1.82, 2.24) is 4.90 Å². The van der Waals surface area contributed by atoms with Crippen LogP contribution in [0.1, 0.15) is 29.0 Å². The highest BCUT2D eigenvalue weighted by molar-refractivity contribution is 7.10. The van der Waals surface area contributed by atoms with Crippen LogP contribution in [0.3, 0.4) is 0 Å². The number of hydrogen-bond donors (Lipinski definition) is 1. The Morgan fingerprint density at radius 1 is 1.26 bits per heavy atom. The topological polar surface area (TPSA) is 29.3 Å². The predicted molar refractivity (Wildman–Crippen MR) is 83.4 cm³/mol. The Hall–Kier alpha value is -1.16. The first-order valence-electron chi connectivity index (χ1n) is 6.62. The summed E-state index contributed by atoms with van der Waals surface area (Å²) in [6.45, 7) is 5.13. The second-order valence-electron chi connectivity index (χ2n) is 5.22. The fourth-order valence-electron chi connectivity index (χ4n) is 2.53. The van der Waals surface area contributed by atoms with Gasteiger partial charge in [0, 0.05) is 17.5 Å². The normalized spacial score (nSPS) is 14.6. The maximum Gasteiger partial charge on any atom is 0.0591 e. The van der Waals surface area contributed by atoms with Crippen molar-refractivity contribution in [3.8, 4) is 0 Å². The van der Waals surface area contributed by atoms with Crippen molar-refractivity contribution in [2.24, 2.45) is 5.73 Å². The van der Waals surface area contributed by atoms with E-state index in [9.17, 15) is 0 Å². The van der Waals surface area contributed by atoms with Crippen LogP contribution >= 0.6 is 11.3 Å². The summed E-state index contributed by atoms with van der Waals surface area (Å²) >= 11 is 1.78. The Bertz CT molecular complexity index is 505. The Kier molecular flexibility index (Phi) is 4.75. The predicted octanol–water partition coefficient (Wildman–Crippen LogP) is 3.58. The molecule has 0 fully saturated rings. The van der Waals surface area contributed by atoms with Crippen molar-refractivity contribution in [3.05, 3.63) is 57.8 Å². The molecule has 102 valence electrons. The lowest BCUT2D eigenvalue weighted by Gasteiger charge is -2.30. The molecule has 2 N–H and O–H groups in total. The van der Waals surface area contributed by atoms with E-state index >= 15 is 0 Å². The molecule has 0 aliphatic rings. The molecule has 1 heterocycles. The van der Waals surface area contributed by atoms with E-state index in [1.54, 1.807) is 11.3 Å². The van der Waals surface area contributed by atoms with E-state index in [1.165, 1.54) is 16.0 Å². The van der Waals surface area contributed by atoms with E-state index in [-0.39, 0.29) is 12.1 Å². The van der Waals surface area contributed by atoms with Gasteiger partial charge in [0.1, 0.15) is 0 Å². The van der Waals surface area contributed by atoms with E-state index in [0.717, 1.165) is 6.54 Å². The number of thiophene rings is 1. The largest absolute Gasteiger partial charge is 0.326 e. The summed E-state index contributed by atoms with van der Waals surface area (Å²) in [6.07, 6.45) is 0. The molecule has 0 amide bonds. The zero-order chi connectivity index (χ0) is 13.8. The molecule has 0 saturated heterocycles. The minimum Gasteiger partial charge on any atom is -0.326 e. The average Bonchev–Trinajstić information content (AvgIpc) is 2.82. The highest BCUT2D eigenvalue weighted by Crippen LogP contribution is 2.27. The molecule has 0 aliphatic heterocycles. The highest BCUT2D eigenvalue weighted by Gasteiger charge is 2.22. The Morgan fingerprint density at radius 3 is 2.63 bits per heavy atom. The maximum absolute atomic E-state index is 6.18. The molecule has 2 rings (SSSR count). The smallest absolute Gasteiger partial charge is 0.0591 e. The third kappa shape index (κ3) is 3.66. The van der Waals surface area contributed by atoms with Gasteiger partial charge in [-0.15, -0.1) is 11.3 Å². The summed E-state index contributed by atoms with van der Waals surface area (Å²) in [6, 6.07) is 13.3. The lowest BCUT2D eigenvalue weighted by molar-refractivity contribution is 0.214. The Morgan fingerprint density at radius 2 is 2.05 bits per heavy atom. The first kappa shape index (κ1) is 14.3. The molecule has 19 heavy (non-hydrogen) atoms. The van der Waals surface area contributed by atoms with Gasteiger partial charge in [-0.25, -0.2) is 0 Å². The van der Waals surface area contributed by atoms with Gasteiger partial charge >= 0.3 is 0 Å². The van der Waals surface area contributed by atoms with Gasteiger partial charge in [0.2, 0.25) is 0 Å². The summed E-state index contributed by atoms with van der Waals surface area (Å²) in [7, 11) is 2.15. The number of aryl methyl sites for hydroxylation is 1. The first-order chi connectivity index (χ1) is 9.08. The molecule has 1 aromatic carbocycles. The van der Waals surface area contributed by atoms with Gasteiger partial charge in [-0.3, -0.25) is 4.90 Å². The summed E-state index contributed by atoms with van der Waals surface area (Å²) in [5.41, 5.74) is 8.82. The minimum absolute atomic E-state index is 0.119. The molecule has 2 aromatic rings. The fraction of sp³-hybridized carbons (Fsp3) is 0.375. The van der Waals surface area contributed by atoms with Gasteiger partial charge in [-0.2, -0.15) is 0 Å². The van der Waals surface area contributed by atoms with Gasteiger partial charge in [-0.05, 0) is 37.9 Å². The number of likely N-dealkylation sites (N-methyl/N-ethyl adjacent to an activating group) is 1. The molecule has 3 heteroatoms. The summed E-state index contributed by atoms with van der Waals surface area (Å²) in [5.74, 6) is 0. The van der Waals surface area contributed by atoms with Crippen LogP contribution in [0.4, 0.5) is 0 Å². The van der Waals surface area contributed by atoms with E-state index in [2.05, 4.69) is 67.6 Å². The molecule has 2 nitrogen and oxygen atoms in total. The van der Waals surface area contributed by atoms with Crippen LogP contribution < -0.4 is 5.73 Å². The average molecular weight is 274 g/mol. The summed E-state index contributed by atoms with van der Waals surface area (Å²) in [5, 5.41) is 2.12. The van der Waals surface area contributed by atoms with Gasteiger partial charge < -0.3 is 5.73 Å². The van der Waals surface area contributed by atoms with Gasteiger partial charge in [0.15, 0.2) is 0 Å². The third-order valence-electron chi connectivity index (χ3n) is 3.32. The van der Waals surface area contributed by atoms with Gasteiger partial charge in [0.05, 0.1) is 6.04 Å². The standard InChI is InChI=1S/C16H22N2S/c1-12-6-4-7-14(10-12)11-18(3)16(13(2)17)15-8-5-9-19-15/h4-10,13,16H,11,17H2,1-3H3. The molecule has 0 radical (unpaired) electrons. The summed E-state index contributed by atoms with van der Waals surface area (Å²) in [4.78, 5) is 3.68. The lowest BCUT2D eigenvalue weighted by Crippen LogP contribution is -2.36. The Balaban J connectivity index is 2.14. The monoisotopic (exact) mass is 274 g/mol. The molecule has 0 saturated carbocycles. The quantitative estimate of drug-likeness (QED) is 0.903. The van der Waals surface area contributed by atoms with E-state index < -0.39 is 0 Å².